The van der Waals surface area contributed by atoms with Gasteiger partial charge in [0.15, 0.2) is 0 Å². The van der Waals surface area contributed by atoms with Gasteiger partial charge in [0.05, 0.1) is 29.9 Å². The molecule has 1 N–H and O–H groups in total. The second kappa shape index (κ2) is 5.53. The summed E-state index contributed by atoms with van der Waals surface area (Å²) < 4.78 is 5.78. The van der Waals surface area contributed by atoms with Crippen molar-refractivity contribution in [2.75, 3.05) is 26.3 Å². The molecule has 2 aromatic rings. The molecular formula is C19H22N2O3. The number of carbonyl (C=O) groups excluding carboxylic acids is 1. The standard InChI is InChI=1S/C19H22N2O3/c1-12-3-4-14-8-16(13(2)20-17(14)7-12)18(23)21-9-15-5-6-24-19(15,10-21)11-22/h3-4,7-8,15,22H,5-6,9-11H2,1-2H3/t15-,19-/m0/s1. The third-order valence-corrected chi connectivity index (χ3v) is 5.45. The first-order chi connectivity index (χ1) is 11.5. The Kier molecular flexibility index (Phi) is 3.58. The lowest BCUT2D eigenvalue weighted by Crippen LogP contribution is -2.41. The molecule has 0 unspecified atom stereocenters. The van der Waals surface area contributed by atoms with Crippen molar-refractivity contribution < 1.29 is 14.6 Å². The predicted octanol–water partition coefficient (Wildman–Crippen LogP) is 2.08. The lowest BCUT2D eigenvalue weighted by Gasteiger charge is -2.25. The molecule has 0 aliphatic carbocycles. The summed E-state index contributed by atoms with van der Waals surface area (Å²) in [6, 6.07) is 8.00. The van der Waals surface area contributed by atoms with Gasteiger partial charge in [-0.2, -0.15) is 0 Å². The Hall–Kier alpha value is -1.98. The Morgan fingerprint density at radius 3 is 3.00 bits per heavy atom. The zero-order valence-electron chi connectivity index (χ0n) is 14.1. The fourth-order valence-electron chi connectivity index (χ4n) is 4.01. The van der Waals surface area contributed by atoms with E-state index in [0.29, 0.717) is 25.3 Å². The van der Waals surface area contributed by atoms with Gasteiger partial charge in [-0.25, -0.2) is 0 Å². The molecule has 24 heavy (non-hydrogen) atoms. The van der Waals surface area contributed by atoms with Gasteiger partial charge in [0, 0.05) is 24.5 Å². The average molecular weight is 326 g/mol. The number of amides is 1. The van der Waals surface area contributed by atoms with Crippen LogP contribution < -0.4 is 0 Å². The molecule has 5 heteroatoms. The van der Waals surface area contributed by atoms with E-state index < -0.39 is 5.60 Å². The van der Waals surface area contributed by atoms with Crippen molar-refractivity contribution >= 4 is 16.8 Å². The molecule has 0 bridgehead atoms. The van der Waals surface area contributed by atoms with Crippen LogP contribution >= 0.6 is 0 Å². The molecule has 0 radical (unpaired) electrons. The van der Waals surface area contributed by atoms with E-state index in [1.54, 1.807) is 0 Å². The number of aromatic nitrogens is 1. The minimum Gasteiger partial charge on any atom is -0.393 e. The van der Waals surface area contributed by atoms with E-state index in [1.165, 1.54) is 0 Å². The molecule has 0 saturated carbocycles. The van der Waals surface area contributed by atoms with E-state index in [2.05, 4.69) is 4.98 Å². The van der Waals surface area contributed by atoms with Crippen molar-refractivity contribution in [3.8, 4) is 0 Å². The number of rotatable bonds is 2. The van der Waals surface area contributed by atoms with Crippen LogP contribution in [0.15, 0.2) is 24.3 Å². The molecule has 2 atom stereocenters. The maximum atomic E-state index is 13.0. The van der Waals surface area contributed by atoms with Gasteiger partial charge < -0.3 is 14.7 Å². The molecule has 1 aromatic carbocycles. The largest absolute Gasteiger partial charge is 0.393 e. The first-order valence-electron chi connectivity index (χ1n) is 8.44. The Balaban J connectivity index is 1.67. The smallest absolute Gasteiger partial charge is 0.255 e. The molecule has 1 amide bonds. The quantitative estimate of drug-likeness (QED) is 0.918. The first kappa shape index (κ1) is 15.5. The van der Waals surface area contributed by atoms with Crippen molar-refractivity contribution in [3.05, 3.63) is 41.1 Å². The van der Waals surface area contributed by atoms with Crippen LogP contribution in [0.1, 0.15) is 28.0 Å². The number of benzene rings is 1. The van der Waals surface area contributed by atoms with E-state index in [0.717, 1.165) is 28.6 Å². The zero-order chi connectivity index (χ0) is 16.9. The number of hydrogen-bond acceptors (Lipinski definition) is 4. The minimum absolute atomic E-state index is 0.0201. The monoisotopic (exact) mass is 326 g/mol. The fourth-order valence-corrected chi connectivity index (χ4v) is 4.01. The summed E-state index contributed by atoms with van der Waals surface area (Å²) in [4.78, 5) is 19.4. The molecule has 4 rings (SSSR count). The van der Waals surface area contributed by atoms with Gasteiger partial charge in [-0.05, 0) is 38.0 Å². The van der Waals surface area contributed by atoms with Crippen LogP contribution in [0.4, 0.5) is 0 Å². The number of hydrogen-bond donors (Lipinski definition) is 1. The van der Waals surface area contributed by atoms with Crippen molar-refractivity contribution in [2.24, 2.45) is 5.92 Å². The van der Waals surface area contributed by atoms with E-state index in [-0.39, 0.29) is 18.4 Å². The topological polar surface area (TPSA) is 62.7 Å². The maximum absolute atomic E-state index is 13.0. The molecular weight excluding hydrogens is 304 g/mol. The number of fused-ring (bicyclic) bond motifs is 2. The number of carbonyl (C=O) groups is 1. The third-order valence-electron chi connectivity index (χ3n) is 5.45. The van der Waals surface area contributed by atoms with Gasteiger partial charge >= 0.3 is 0 Å². The van der Waals surface area contributed by atoms with Gasteiger partial charge in [0.2, 0.25) is 0 Å². The second-order valence-electron chi connectivity index (χ2n) is 7.06. The molecule has 5 nitrogen and oxygen atoms in total. The zero-order valence-corrected chi connectivity index (χ0v) is 14.1. The summed E-state index contributed by atoms with van der Waals surface area (Å²) in [5.41, 5.74) is 2.89. The molecule has 1 aromatic heterocycles. The molecule has 2 fully saturated rings. The minimum atomic E-state index is -0.565. The second-order valence-corrected chi connectivity index (χ2v) is 7.06. The van der Waals surface area contributed by atoms with Crippen LogP contribution in [-0.2, 0) is 4.74 Å². The van der Waals surface area contributed by atoms with Crippen molar-refractivity contribution in [1.82, 2.24) is 9.88 Å². The first-order valence-corrected chi connectivity index (χ1v) is 8.44. The third kappa shape index (κ3) is 2.31. The predicted molar refractivity (Wildman–Crippen MR) is 91.0 cm³/mol. The highest BCUT2D eigenvalue weighted by atomic mass is 16.5. The summed E-state index contributed by atoms with van der Waals surface area (Å²) in [5.74, 6) is 0.205. The van der Waals surface area contributed by atoms with Gasteiger partial charge in [-0.1, -0.05) is 12.1 Å². The summed E-state index contributed by atoms with van der Waals surface area (Å²) in [5, 5.41) is 10.7. The van der Waals surface area contributed by atoms with Crippen LogP contribution in [0.25, 0.3) is 10.9 Å². The van der Waals surface area contributed by atoms with Gasteiger partial charge in [-0.3, -0.25) is 9.78 Å². The van der Waals surface area contributed by atoms with Crippen LogP contribution in [0.5, 0.6) is 0 Å². The lowest BCUT2D eigenvalue weighted by molar-refractivity contribution is -0.0446. The van der Waals surface area contributed by atoms with Crippen LogP contribution in [0.3, 0.4) is 0 Å². The summed E-state index contributed by atoms with van der Waals surface area (Å²) in [6.07, 6.45) is 0.901. The van der Waals surface area contributed by atoms with E-state index in [4.69, 9.17) is 4.74 Å². The highest BCUT2D eigenvalue weighted by Gasteiger charge is 2.52. The number of aliphatic hydroxyl groups excluding tert-OH is 1. The number of nitrogens with zero attached hydrogens (tertiary/aromatic N) is 2. The Labute approximate surface area is 141 Å². The molecule has 0 spiro atoms. The number of aliphatic hydroxyl groups is 1. The normalized spacial score (nSPS) is 26.1. The molecule has 3 heterocycles. The van der Waals surface area contributed by atoms with E-state index in [9.17, 15) is 9.90 Å². The van der Waals surface area contributed by atoms with E-state index >= 15 is 0 Å². The SMILES string of the molecule is Cc1ccc2cc(C(=O)N3C[C@@H]4CCO[C@]4(CO)C3)c(C)nc2c1. The summed E-state index contributed by atoms with van der Waals surface area (Å²) >= 11 is 0. The number of aryl methyl sites for hydroxylation is 2. The number of pyridine rings is 1. The Bertz CT molecular complexity index is 820. The van der Waals surface area contributed by atoms with Crippen LogP contribution in [0.2, 0.25) is 0 Å². The van der Waals surface area contributed by atoms with Gasteiger partial charge in [0.1, 0.15) is 5.60 Å². The lowest BCUT2D eigenvalue weighted by atomic mass is 9.92. The Morgan fingerprint density at radius 1 is 1.42 bits per heavy atom. The van der Waals surface area contributed by atoms with E-state index in [1.807, 2.05) is 43.0 Å². The van der Waals surface area contributed by atoms with Crippen molar-refractivity contribution in [1.29, 1.82) is 0 Å². The summed E-state index contributed by atoms with van der Waals surface area (Å²) in [7, 11) is 0. The number of ether oxygens (including phenoxy) is 1. The molecule has 2 aliphatic rings. The fraction of sp³-hybridized carbons (Fsp3) is 0.474. The average Bonchev–Trinajstić information content (AvgIpc) is 3.10. The highest BCUT2D eigenvalue weighted by Crippen LogP contribution is 2.39. The van der Waals surface area contributed by atoms with Crippen LogP contribution in [-0.4, -0.2) is 52.8 Å². The van der Waals surface area contributed by atoms with Crippen LogP contribution in [0, 0.1) is 19.8 Å². The summed E-state index contributed by atoms with van der Waals surface area (Å²) in [6.45, 7) is 5.65. The molecule has 2 aliphatic heterocycles. The van der Waals surface area contributed by atoms with Crippen molar-refractivity contribution in [3.63, 3.8) is 0 Å². The van der Waals surface area contributed by atoms with Crippen molar-refractivity contribution in [2.45, 2.75) is 25.9 Å². The Morgan fingerprint density at radius 2 is 2.25 bits per heavy atom. The van der Waals surface area contributed by atoms with Gasteiger partial charge in [-0.15, -0.1) is 0 Å². The number of likely N-dealkylation sites (tertiary alicyclic amines) is 1. The molecule has 126 valence electrons. The van der Waals surface area contributed by atoms with Gasteiger partial charge in [0.25, 0.3) is 5.91 Å². The molecule has 2 saturated heterocycles. The maximum Gasteiger partial charge on any atom is 0.255 e. The highest BCUT2D eigenvalue weighted by molar-refractivity contribution is 5.99.